The molecular formula is C13H19NO4. The first-order valence-corrected chi connectivity index (χ1v) is 6.44. The molecule has 18 heavy (non-hydrogen) atoms. The van der Waals surface area contributed by atoms with Crippen molar-refractivity contribution in [1.29, 1.82) is 0 Å². The molecule has 2 rings (SSSR count). The van der Waals surface area contributed by atoms with Crippen LogP contribution in [0.3, 0.4) is 0 Å². The number of aliphatic carboxylic acids is 1. The van der Waals surface area contributed by atoms with Crippen LogP contribution in [0.2, 0.25) is 0 Å². The highest BCUT2D eigenvalue weighted by Gasteiger charge is 2.37. The zero-order chi connectivity index (χ0) is 13.1. The summed E-state index contributed by atoms with van der Waals surface area (Å²) in [4.78, 5) is 25.2. The molecule has 1 aliphatic carbocycles. The summed E-state index contributed by atoms with van der Waals surface area (Å²) in [6.07, 6.45) is 5.52. The lowest BCUT2D eigenvalue weighted by Gasteiger charge is -2.34. The minimum atomic E-state index is -0.894. The van der Waals surface area contributed by atoms with Gasteiger partial charge in [0, 0.05) is 13.1 Å². The lowest BCUT2D eigenvalue weighted by Crippen LogP contribution is -2.46. The highest BCUT2D eigenvalue weighted by Crippen LogP contribution is 2.28. The Bertz CT molecular complexity index is 358. The minimum absolute atomic E-state index is 0.0707. The molecule has 5 nitrogen and oxygen atoms in total. The van der Waals surface area contributed by atoms with Crippen LogP contribution in [0, 0.1) is 11.8 Å². The van der Waals surface area contributed by atoms with Crippen molar-refractivity contribution in [3.05, 3.63) is 12.2 Å². The Morgan fingerprint density at radius 3 is 2.17 bits per heavy atom. The molecule has 100 valence electrons. The third-order valence-electron chi connectivity index (χ3n) is 3.84. The SMILES string of the molecule is O=C(O)C1CC=CCC1C(=O)N1CCC(O)CC1. The van der Waals surface area contributed by atoms with Crippen molar-refractivity contribution < 1.29 is 19.8 Å². The van der Waals surface area contributed by atoms with E-state index < -0.39 is 17.8 Å². The van der Waals surface area contributed by atoms with Gasteiger partial charge in [0.1, 0.15) is 0 Å². The molecule has 0 aromatic carbocycles. The van der Waals surface area contributed by atoms with E-state index in [2.05, 4.69) is 0 Å². The Hall–Kier alpha value is -1.36. The van der Waals surface area contributed by atoms with Crippen molar-refractivity contribution in [3.63, 3.8) is 0 Å². The molecule has 1 heterocycles. The maximum absolute atomic E-state index is 12.3. The number of carboxylic acid groups (broad SMARTS) is 1. The molecule has 2 unspecified atom stereocenters. The number of carbonyl (C=O) groups is 2. The van der Waals surface area contributed by atoms with Gasteiger partial charge in [0.25, 0.3) is 0 Å². The number of amides is 1. The van der Waals surface area contributed by atoms with E-state index >= 15 is 0 Å². The normalized spacial score (nSPS) is 29.3. The number of aliphatic hydroxyl groups is 1. The number of piperidine rings is 1. The molecule has 5 heteroatoms. The topological polar surface area (TPSA) is 77.8 Å². The second kappa shape index (κ2) is 5.52. The number of nitrogens with zero attached hydrogens (tertiary/aromatic N) is 1. The Balaban J connectivity index is 2.03. The Morgan fingerprint density at radius 1 is 1.06 bits per heavy atom. The molecule has 0 aromatic rings. The zero-order valence-electron chi connectivity index (χ0n) is 10.3. The van der Waals surface area contributed by atoms with E-state index in [9.17, 15) is 14.7 Å². The van der Waals surface area contributed by atoms with Gasteiger partial charge in [-0.05, 0) is 25.7 Å². The van der Waals surface area contributed by atoms with Gasteiger partial charge in [0.2, 0.25) is 5.91 Å². The summed E-state index contributed by atoms with van der Waals surface area (Å²) in [6.45, 7) is 1.07. The van der Waals surface area contributed by atoms with Crippen LogP contribution in [-0.2, 0) is 9.59 Å². The third-order valence-corrected chi connectivity index (χ3v) is 3.84. The van der Waals surface area contributed by atoms with Crippen LogP contribution in [0.15, 0.2) is 12.2 Å². The fourth-order valence-electron chi connectivity index (χ4n) is 2.68. The molecule has 0 radical (unpaired) electrons. The zero-order valence-corrected chi connectivity index (χ0v) is 10.3. The van der Waals surface area contributed by atoms with Crippen molar-refractivity contribution in [2.45, 2.75) is 31.8 Å². The number of carbonyl (C=O) groups excluding carboxylic acids is 1. The molecule has 0 spiro atoms. The number of aliphatic hydroxyl groups excluding tert-OH is 1. The standard InChI is InChI=1S/C13H19NO4/c15-9-5-7-14(8-6-9)12(16)10-3-1-2-4-11(10)13(17)18/h1-2,9-11,15H,3-8H2,(H,17,18). The van der Waals surface area contributed by atoms with Gasteiger partial charge in [-0.2, -0.15) is 0 Å². The first-order chi connectivity index (χ1) is 8.59. The van der Waals surface area contributed by atoms with Crippen LogP contribution in [0.1, 0.15) is 25.7 Å². The second-order valence-electron chi connectivity index (χ2n) is 5.05. The Morgan fingerprint density at radius 2 is 1.61 bits per heavy atom. The monoisotopic (exact) mass is 253 g/mol. The van der Waals surface area contributed by atoms with E-state index in [1.165, 1.54) is 0 Å². The van der Waals surface area contributed by atoms with Crippen molar-refractivity contribution in [1.82, 2.24) is 4.90 Å². The summed E-state index contributed by atoms with van der Waals surface area (Å²) in [5.74, 6) is -2.01. The Kier molecular flexibility index (Phi) is 4.01. The van der Waals surface area contributed by atoms with Crippen LogP contribution >= 0.6 is 0 Å². The predicted molar refractivity (Wildman–Crippen MR) is 64.8 cm³/mol. The molecule has 2 N–H and O–H groups in total. The molecular weight excluding hydrogens is 234 g/mol. The van der Waals surface area contributed by atoms with E-state index in [4.69, 9.17) is 5.11 Å². The van der Waals surface area contributed by atoms with Crippen molar-refractivity contribution in [2.75, 3.05) is 13.1 Å². The van der Waals surface area contributed by atoms with Gasteiger partial charge in [-0.1, -0.05) is 12.2 Å². The molecule has 1 fully saturated rings. The number of hydrogen-bond acceptors (Lipinski definition) is 3. The molecule has 0 saturated carbocycles. The highest BCUT2D eigenvalue weighted by molar-refractivity contribution is 5.85. The number of rotatable bonds is 2. The number of hydrogen-bond donors (Lipinski definition) is 2. The van der Waals surface area contributed by atoms with Crippen LogP contribution < -0.4 is 0 Å². The summed E-state index contributed by atoms with van der Waals surface area (Å²) in [5, 5.41) is 18.6. The number of carboxylic acids is 1. The number of likely N-dealkylation sites (tertiary alicyclic amines) is 1. The molecule has 1 saturated heterocycles. The maximum atomic E-state index is 12.3. The van der Waals surface area contributed by atoms with E-state index in [-0.39, 0.29) is 12.0 Å². The molecule has 1 amide bonds. The van der Waals surface area contributed by atoms with Gasteiger partial charge in [0.05, 0.1) is 17.9 Å². The van der Waals surface area contributed by atoms with E-state index in [1.807, 2.05) is 12.2 Å². The first-order valence-electron chi connectivity index (χ1n) is 6.44. The van der Waals surface area contributed by atoms with Gasteiger partial charge in [-0.15, -0.1) is 0 Å². The summed E-state index contributed by atoms with van der Waals surface area (Å²) < 4.78 is 0. The van der Waals surface area contributed by atoms with E-state index in [0.29, 0.717) is 38.8 Å². The first kappa shape index (κ1) is 13.1. The average molecular weight is 253 g/mol. The van der Waals surface area contributed by atoms with E-state index in [0.717, 1.165) is 0 Å². The summed E-state index contributed by atoms with van der Waals surface area (Å²) in [7, 11) is 0. The molecule has 0 bridgehead atoms. The van der Waals surface area contributed by atoms with Gasteiger partial charge < -0.3 is 15.1 Å². The summed E-state index contributed by atoms with van der Waals surface area (Å²) in [6, 6.07) is 0. The average Bonchev–Trinajstić information content (AvgIpc) is 2.39. The quantitative estimate of drug-likeness (QED) is 0.708. The molecule has 2 atom stereocenters. The van der Waals surface area contributed by atoms with Crippen molar-refractivity contribution >= 4 is 11.9 Å². The lowest BCUT2D eigenvalue weighted by atomic mass is 9.82. The van der Waals surface area contributed by atoms with Crippen molar-refractivity contribution in [2.24, 2.45) is 11.8 Å². The fraction of sp³-hybridized carbons (Fsp3) is 0.692. The summed E-state index contributed by atoms with van der Waals surface area (Å²) in [5.41, 5.74) is 0. The van der Waals surface area contributed by atoms with Crippen LogP contribution in [0.5, 0.6) is 0 Å². The van der Waals surface area contributed by atoms with E-state index in [1.54, 1.807) is 4.90 Å². The summed E-state index contributed by atoms with van der Waals surface area (Å²) >= 11 is 0. The smallest absolute Gasteiger partial charge is 0.307 e. The molecule has 2 aliphatic rings. The molecule has 0 aromatic heterocycles. The molecule has 1 aliphatic heterocycles. The maximum Gasteiger partial charge on any atom is 0.307 e. The van der Waals surface area contributed by atoms with Gasteiger partial charge in [-0.25, -0.2) is 0 Å². The predicted octanol–water partition coefficient (Wildman–Crippen LogP) is 0.637. The highest BCUT2D eigenvalue weighted by atomic mass is 16.4. The van der Waals surface area contributed by atoms with Gasteiger partial charge in [0.15, 0.2) is 0 Å². The largest absolute Gasteiger partial charge is 0.481 e. The second-order valence-corrected chi connectivity index (χ2v) is 5.05. The Labute approximate surface area is 106 Å². The van der Waals surface area contributed by atoms with Gasteiger partial charge in [-0.3, -0.25) is 9.59 Å². The fourth-order valence-corrected chi connectivity index (χ4v) is 2.68. The lowest BCUT2D eigenvalue weighted by molar-refractivity contribution is -0.151. The number of allylic oxidation sites excluding steroid dienone is 2. The third kappa shape index (κ3) is 2.72. The van der Waals surface area contributed by atoms with Crippen LogP contribution in [-0.4, -0.2) is 46.2 Å². The van der Waals surface area contributed by atoms with Crippen LogP contribution in [0.25, 0.3) is 0 Å². The van der Waals surface area contributed by atoms with Crippen molar-refractivity contribution in [3.8, 4) is 0 Å². The van der Waals surface area contributed by atoms with Gasteiger partial charge >= 0.3 is 5.97 Å². The minimum Gasteiger partial charge on any atom is -0.481 e. The van der Waals surface area contributed by atoms with Crippen LogP contribution in [0.4, 0.5) is 0 Å².